The second-order valence-corrected chi connectivity index (χ2v) is 8.58. The van der Waals surface area contributed by atoms with Crippen molar-refractivity contribution in [3.8, 4) is 0 Å². The van der Waals surface area contributed by atoms with Gasteiger partial charge in [0.2, 0.25) is 10.0 Å². The number of hydrogen-bond acceptors (Lipinski definition) is 3. The van der Waals surface area contributed by atoms with E-state index < -0.39 is 10.0 Å². The van der Waals surface area contributed by atoms with Gasteiger partial charge in [-0.3, -0.25) is 0 Å². The first-order valence-corrected chi connectivity index (χ1v) is 10.5. The van der Waals surface area contributed by atoms with Gasteiger partial charge in [-0.2, -0.15) is 0 Å². The molecule has 2 N–H and O–H groups in total. The van der Waals surface area contributed by atoms with Crippen molar-refractivity contribution in [2.45, 2.75) is 24.8 Å². The Morgan fingerprint density at radius 2 is 1.61 bits per heavy atom. The smallest absolute Gasteiger partial charge is 0.242 e. The lowest BCUT2D eigenvalue weighted by atomic mass is 10.1. The molecule has 152 valence electrons. The average molecular weight is 407 g/mol. The number of halogens is 1. The molecule has 2 aromatic carbocycles. The van der Waals surface area contributed by atoms with Crippen LogP contribution in [0.4, 0.5) is 4.39 Å². The molecule has 0 fully saturated rings. The summed E-state index contributed by atoms with van der Waals surface area (Å²) in [6, 6.07) is 13.2. The third kappa shape index (κ3) is 6.31. The zero-order valence-electron chi connectivity index (χ0n) is 16.4. The van der Waals surface area contributed by atoms with Gasteiger partial charge in [-0.15, -0.1) is 0 Å². The summed E-state index contributed by atoms with van der Waals surface area (Å²) >= 11 is 0. The molecule has 8 heteroatoms. The van der Waals surface area contributed by atoms with Gasteiger partial charge in [0.1, 0.15) is 5.82 Å². The standard InChI is InChI=1S/C20H27FN4O2S/c1-4-22-20(23-14-13-16-5-9-18(21)10-6-16)24-15-17-7-11-19(12-8-17)28(26,27)25(2)3/h5-12H,4,13-15H2,1-3H3,(H2,22,23,24). The van der Waals surface area contributed by atoms with E-state index in [1.54, 1.807) is 36.4 Å². The summed E-state index contributed by atoms with van der Waals surface area (Å²) in [7, 11) is -0.410. The van der Waals surface area contributed by atoms with E-state index in [0.717, 1.165) is 24.1 Å². The van der Waals surface area contributed by atoms with Crippen LogP contribution in [0, 0.1) is 5.82 Å². The van der Waals surface area contributed by atoms with E-state index in [-0.39, 0.29) is 10.7 Å². The van der Waals surface area contributed by atoms with Gasteiger partial charge in [0.05, 0.1) is 11.4 Å². The maximum absolute atomic E-state index is 12.9. The molecule has 0 aliphatic rings. The molecule has 0 heterocycles. The molecular formula is C20H27FN4O2S. The molecule has 28 heavy (non-hydrogen) atoms. The molecule has 2 rings (SSSR count). The second kappa shape index (κ2) is 10.2. The number of nitrogens with zero attached hydrogens (tertiary/aromatic N) is 2. The van der Waals surface area contributed by atoms with Crippen LogP contribution >= 0.6 is 0 Å². The van der Waals surface area contributed by atoms with Crippen molar-refractivity contribution in [2.24, 2.45) is 4.99 Å². The zero-order chi connectivity index (χ0) is 20.6. The number of benzene rings is 2. The summed E-state index contributed by atoms with van der Waals surface area (Å²) in [4.78, 5) is 4.79. The molecule has 2 aromatic rings. The van der Waals surface area contributed by atoms with Crippen molar-refractivity contribution in [2.75, 3.05) is 27.2 Å². The first kappa shape index (κ1) is 21.8. The molecule has 0 amide bonds. The lowest BCUT2D eigenvalue weighted by Gasteiger charge is -2.12. The average Bonchev–Trinajstić information content (AvgIpc) is 2.68. The SMILES string of the molecule is CCNC(=NCc1ccc(S(=O)(=O)N(C)C)cc1)NCCc1ccc(F)cc1. The minimum absolute atomic E-state index is 0.240. The van der Waals surface area contributed by atoms with Gasteiger partial charge < -0.3 is 10.6 Å². The Labute approximate surface area is 166 Å². The molecular weight excluding hydrogens is 379 g/mol. The van der Waals surface area contributed by atoms with Crippen LogP contribution in [0.2, 0.25) is 0 Å². The van der Waals surface area contributed by atoms with Crippen molar-refractivity contribution >= 4 is 16.0 Å². The molecule has 6 nitrogen and oxygen atoms in total. The predicted molar refractivity (Wildman–Crippen MR) is 110 cm³/mol. The monoisotopic (exact) mass is 406 g/mol. The third-order valence-corrected chi connectivity index (χ3v) is 5.91. The maximum atomic E-state index is 12.9. The van der Waals surface area contributed by atoms with E-state index in [2.05, 4.69) is 15.6 Å². The minimum atomic E-state index is -3.43. The van der Waals surface area contributed by atoms with Crippen LogP contribution in [0.3, 0.4) is 0 Å². The van der Waals surface area contributed by atoms with Gasteiger partial charge in [0.25, 0.3) is 0 Å². The van der Waals surface area contributed by atoms with Crippen LogP contribution in [0.15, 0.2) is 58.4 Å². The van der Waals surface area contributed by atoms with E-state index >= 15 is 0 Å². The van der Waals surface area contributed by atoms with Crippen molar-refractivity contribution in [3.05, 3.63) is 65.5 Å². The molecule has 0 saturated carbocycles. The highest BCUT2D eigenvalue weighted by Gasteiger charge is 2.16. The minimum Gasteiger partial charge on any atom is -0.357 e. The molecule has 0 spiro atoms. The Balaban J connectivity index is 1.95. The van der Waals surface area contributed by atoms with Crippen LogP contribution in [0.25, 0.3) is 0 Å². The lowest BCUT2D eigenvalue weighted by molar-refractivity contribution is 0.520. The summed E-state index contributed by atoms with van der Waals surface area (Å²) in [5.41, 5.74) is 1.95. The molecule has 0 aromatic heterocycles. The molecule has 0 unspecified atom stereocenters. The number of hydrogen-bond donors (Lipinski definition) is 2. The molecule has 0 radical (unpaired) electrons. The van der Waals surface area contributed by atoms with E-state index in [1.165, 1.54) is 30.5 Å². The number of guanidine groups is 1. The summed E-state index contributed by atoms with van der Waals surface area (Å²) in [5.74, 6) is 0.436. The van der Waals surface area contributed by atoms with Crippen molar-refractivity contribution in [1.82, 2.24) is 14.9 Å². The summed E-state index contributed by atoms with van der Waals surface area (Å²) in [6.45, 7) is 3.80. The topological polar surface area (TPSA) is 73.8 Å². The quantitative estimate of drug-likeness (QED) is 0.521. The van der Waals surface area contributed by atoms with Gasteiger partial charge in [-0.25, -0.2) is 22.1 Å². The Hall–Kier alpha value is -2.45. The van der Waals surface area contributed by atoms with Gasteiger partial charge in [-0.1, -0.05) is 24.3 Å². The zero-order valence-corrected chi connectivity index (χ0v) is 17.3. The molecule has 0 bridgehead atoms. The predicted octanol–water partition coefficient (Wildman–Crippen LogP) is 2.37. The molecule has 0 atom stereocenters. The largest absolute Gasteiger partial charge is 0.357 e. The van der Waals surface area contributed by atoms with Crippen LogP contribution in [-0.2, 0) is 23.0 Å². The Morgan fingerprint density at radius 1 is 1.00 bits per heavy atom. The van der Waals surface area contributed by atoms with Crippen LogP contribution < -0.4 is 10.6 Å². The van der Waals surface area contributed by atoms with E-state index in [9.17, 15) is 12.8 Å². The first-order valence-electron chi connectivity index (χ1n) is 9.11. The third-order valence-electron chi connectivity index (χ3n) is 4.09. The fraction of sp³-hybridized carbons (Fsp3) is 0.350. The fourth-order valence-electron chi connectivity index (χ4n) is 2.47. The molecule has 0 saturated heterocycles. The summed E-state index contributed by atoms with van der Waals surface area (Å²) in [5, 5.41) is 6.42. The van der Waals surface area contributed by atoms with Crippen LogP contribution in [-0.4, -0.2) is 45.9 Å². The normalized spacial score (nSPS) is 12.2. The Morgan fingerprint density at radius 3 is 2.18 bits per heavy atom. The highest BCUT2D eigenvalue weighted by atomic mass is 32.2. The van der Waals surface area contributed by atoms with Crippen molar-refractivity contribution < 1.29 is 12.8 Å². The van der Waals surface area contributed by atoms with Crippen molar-refractivity contribution in [1.29, 1.82) is 0 Å². The van der Waals surface area contributed by atoms with Gasteiger partial charge in [0.15, 0.2) is 5.96 Å². The Kier molecular flexibility index (Phi) is 7.95. The highest BCUT2D eigenvalue weighted by Crippen LogP contribution is 2.14. The fourth-order valence-corrected chi connectivity index (χ4v) is 3.37. The number of aliphatic imine (C=N–C) groups is 1. The van der Waals surface area contributed by atoms with Crippen molar-refractivity contribution in [3.63, 3.8) is 0 Å². The number of sulfonamides is 1. The number of nitrogens with one attached hydrogen (secondary N) is 2. The highest BCUT2D eigenvalue weighted by molar-refractivity contribution is 7.89. The van der Waals surface area contributed by atoms with E-state index in [0.29, 0.717) is 19.0 Å². The number of rotatable bonds is 8. The lowest BCUT2D eigenvalue weighted by Crippen LogP contribution is -2.38. The Bertz CT molecular complexity index is 879. The van der Waals surface area contributed by atoms with Gasteiger partial charge >= 0.3 is 0 Å². The maximum Gasteiger partial charge on any atom is 0.242 e. The van der Waals surface area contributed by atoms with Crippen LogP contribution in [0.1, 0.15) is 18.1 Å². The van der Waals surface area contributed by atoms with Gasteiger partial charge in [0, 0.05) is 27.2 Å². The molecule has 0 aliphatic carbocycles. The van der Waals surface area contributed by atoms with E-state index in [4.69, 9.17) is 0 Å². The second-order valence-electron chi connectivity index (χ2n) is 6.43. The van der Waals surface area contributed by atoms with E-state index in [1.807, 2.05) is 6.92 Å². The summed E-state index contributed by atoms with van der Waals surface area (Å²) < 4.78 is 38.3. The first-order chi connectivity index (χ1) is 13.3. The van der Waals surface area contributed by atoms with Gasteiger partial charge in [-0.05, 0) is 48.7 Å². The summed E-state index contributed by atoms with van der Waals surface area (Å²) in [6.07, 6.45) is 0.752. The molecule has 0 aliphatic heterocycles. The van der Waals surface area contributed by atoms with Crippen LogP contribution in [0.5, 0.6) is 0 Å².